The molecule has 17 heavy (non-hydrogen) atoms. The third-order valence-corrected chi connectivity index (χ3v) is 4.62. The van der Waals surface area contributed by atoms with E-state index in [9.17, 15) is 0 Å². The van der Waals surface area contributed by atoms with Gasteiger partial charge in [0.15, 0.2) is 0 Å². The number of aryl methyl sites for hydroxylation is 1. The van der Waals surface area contributed by atoms with E-state index in [0.717, 1.165) is 12.3 Å². The van der Waals surface area contributed by atoms with Crippen molar-refractivity contribution in [3.05, 3.63) is 34.9 Å². The lowest BCUT2D eigenvalue weighted by atomic mass is 9.92. The van der Waals surface area contributed by atoms with Gasteiger partial charge in [-0.3, -0.25) is 0 Å². The van der Waals surface area contributed by atoms with Gasteiger partial charge in [0, 0.05) is 0 Å². The first-order valence-electron chi connectivity index (χ1n) is 6.88. The summed E-state index contributed by atoms with van der Waals surface area (Å²) in [5.41, 5.74) is 4.32. The highest BCUT2D eigenvalue weighted by atomic mass is 35.5. The van der Waals surface area contributed by atoms with E-state index in [1.807, 2.05) is 0 Å². The third-order valence-electron chi connectivity index (χ3n) is 4.20. The highest BCUT2D eigenvalue weighted by Gasteiger charge is 2.21. The van der Waals surface area contributed by atoms with Crippen LogP contribution in [-0.4, -0.2) is 0 Å². The summed E-state index contributed by atoms with van der Waals surface area (Å²) in [6, 6.07) is 6.97. The third kappa shape index (κ3) is 2.85. The minimum atomic E-state index is 0.214. The van der Waals surface area contributed by atoms with E-state index in [1.165, 1.54) is 36.0 Å². The van der Waals surface area contributed by atoms with Gasteiger partial charge in [0.05, 0.1) is 5.38 Å². The molecule has 0 heterocycles. The number of benzene rings is 1. The van der Waals surface area contributed by atoms with Gasteiger partial charge in [-0.05, 0) is 54.2 Å². The molecular formula is C16H23Cl. The van der Waals surface area contributed by atoms with Crippen molar-refractivity contribution in [3.8, 4) is 0 Å². The van der Waals surface area contributed by atoms with E-state index in [0.29, 0.717) is 5.92 Å². The summed E-state index contributed by atoms with van der Waals surface area (Å²) in [5.74, 6) is 1.39. The Bertz CT molecular complexity index is 383. The average Bonchev–Trinajstić information content (AvgIpc) is 2.48. The van der Waals surface area contributed by atoms with Crippen LogP contribution >= 0.6 is 11.6 Å². The standard InChI is InChI=1S/C16H23Cl/c1-4-12(3)14-8-7-13-6-5-11(2)9-16(17)15(13)10-14/h7-8,10-12,16H,4-6,9H2,1-3H3. The van der Waals surface area contributed by atoms with Crippen molar-refractivity contribution in [2.45, 2.75) is 57.7 Å². The Hall–Kier alpha value is -0.490. The lowest BCUT2D eigenvalue weighted by Gasteiger charge is -2.16. The second kappa shape index (κ2) is 5.44. The Morgan fingerprint density at radius 2 is 2.18 bits per heavy atom. The first-order valence-corrected chi connectivity index (χ1v) is 7.32. The first-order chi connectivity index (χ1) is 8.11. The predicted octanol–water partition coefficient (Wildman–Crippen LogP) is 5.45. The van der Waals surface area contributed by atoms with Crippen LogP contribution in [0.4, 0.5) is 0 Å². The number of halogens is 1. The van der Waals surface area contributed by atoms with Crippen LogP contribution in [0.3, 0.4) is 0 Å². The zero-order chi connectivity index (χ0) is 12.4. The molecule has 1 aliphatic rings. The van der Waals surface area contributed by atoms with Crippen LogP contribution in [0.25, 0.3) is 0 Å². The van der Waals surface area contributed by atoms with Gasteiger partial charge in [-0.25, -0.2) is 0 Å². The van der Waals surface area contributed by atoms with Crippen LogP contribution in [0.1, 0.15) is 68.0 Å². The molecule has 0 fully saturated rings. The van der Waals surface area contributed by atoms with Crippen LogP contribution in [-0.2, 0) is 6.42 Å². The summed E-state index contributed by atoms with van der Waals surface area (Å²) in [5, 5.41) is 0.214. The maximum Gasteiger partial charge on any atom is 0.0590 e. The summed E-state index contributed by atoms with van der Waals surface area (Å²) >= 11 is 6.57. The highest BCUT2D eigenvalue weighted by molar-refractivity contribution is 6.21. The van der Waals surface area contributed by atoms with E-state index in [-0.39, 0.29) is 5.38 Å². The SMILES string of the molecule is CCC(C)c1ccc2c(c1)C(Cl)CC(C)CC2. The Kier molecular flexibility index (Phi) is 4.14. The van der Waals surface area contributed by atoms with Crippen LogP contribution in [0.15, 0.2) is 18.2 Å². The molecule has 3 unspecified atom stereocenters. The molecule has 1 heteroatoms. The van der Waals surface area contributed by atoms with Gasteiger partial charge in [0.1, 0.15) is 0 Å². The largest absolute Gasteiger partial charge is 0.118 e. The molecule has 3 atom stereocenters. The zero-order valence-electron chi connectivity index (χ0n) is 11.2. The van der Waals surface area contributed by atoms with Crippen molar-refractivity contribution in [3.63, 3.8) is 0 Å². The number of hydrogen-bond acceptors (Lipinski definition) is 0. The van der Waals surface area contributed by atoms with Crippen molar-refractivity contribution in [2.24, 2.45) is 5.92 Å². The van der Waals surface area contributed by atoms with Gasteiger partial charge in [-0.2, -0.15) is 0 Å². The average molecular weight is 251 g/mol. The van der Waals surface area contributed by atoms with Crippen molar-refractivity contribution in [2.75, 3.05) is 0 Å². The quantitative estimate of drug-likeness (QED) is 0.484. The monoisotopic (exact) mass is 250 g/mol. The van der Waals surface area contributed by atoms with Gasteiger partial charge >= 0.3 is 0 Å². The van der Waals surface area contributed by atoms with Crippen LogP contribution in [0.5, 0.6) is 0 Å². The van der Waals surface area contributed by atoms with Gasteiger partial charge in [0.25, 0.3) is 0 Å². The van der Waals surface area contributed by atoms with Gasteiger partial charge in [-0.1, -0.05) is 39.0 Å². The molecule has 94 valence electrons. The van der Waals surface area contributed by atoms with E-state index in [4.69, 9.17) is 11.6 Å². The van der Waals surface area contributed by atoms with E-state index in [2.05, 4.69) is 39.0 Å². The Morgan fingerprint density at radius 1 is 1.41 bits per heavy atom. The molecule has 1 aromatic carbocycles. The lowest BCUT2D eigenvalue weighted by molar-refractivity contribution is 0.503. The fraction of sp³-hybridized carbons (Fsp3) is 0.625. The fourth-order valence-electron chi connectivity index (χ4n) is 2.67. The zero-order valence-corrected chi connectivity index (χ0v) is 11.9. The summed E-state index contributed by atoms with van der Waals surface area (Å²) < 4.78 is 0. The predicted molar refractivity (Wildman–Crippen MR) is 75.8 cm³/mol. The number of rotatable bonds is 2. The topological polar surface area (TPSA) is 0 Å². The summed E-state index contributed by atoms with van der Waals surface area (Å²) in [4.78, 5) is 0. The first kappa shape index (κ1) is 13.0. The molecule has 0 radical (unpaired) electrons. The van der Waals surface area contributed by atoms with Crippen molar-refractivity contribution >= 4 is 11.6 Å². The molecule has 0 saturated heterocycles. The molecule has 2 rings (SSSR count). The minimum absolute atomic E-state index is 0.214. The lowest BCUT2D eigenvalue weighted by Crippen LogP contribution is -1.99. The van der Waals surface area contributed by atoms with Crippen LogP contribution < -0.4 is 0 Å². The van der Waals surface area contributed by atoms with E-state index >= 15 is 0 Å². The smallest absolute Gasteiger partial charge is 0.0590 e. The number of alkyl halides is 1. The number of fused-ring (bicyclic) bond motifs is 1. The molecular weight excluding hydrogens is 228 g/mol. The van der Waals surface area contributed by atoms with Crippen molar-refractivity contribution < 1.29 is 0 Å². The maximum atomic E-state index is 6.57. The summed E-state index contributed by atoms with van der Waals surface area (Å²) in [6.07, 6.45) is 4.79. The Balaban J connectivity index is 2.34. The molecule has 0 spiro atoms. The number of hydrogen-bond donors (Lipinski definition) is 0. The molecule has 0 N–H and O–H groups in total. The second-order valence-electron chi connectivity index (χ2n) is 5.61. The van der Waals surface area contributed by atoms with E-state index < -0.39 is 0 Å². The van der Waals surface area contributed by atoms with Crippen LogP contribution in [0, 0.1) is 5.92 Å². The molecule has 0 amide bonds. The fourth-order valence-corrected chi connectivity index (χ4v) is 3.18. The maximum absolute atomic E-state index is 6.57. The molecule has 1 aromatic rings. The molecule has 0 aliphatic heterocycles. The van der Waals surface area contributed by atoms with Gasteiger partial charge in [-0.15, -0.1) is 11.6 Å². The van der Waals surface area contributed by atoms with Crippen LogP contribution in [0.2, 0.25) is 0 Å². The summed E-state index contributed by atoms with van der Waals surface area (Å²) in [6.45, 7) is 6.86. The Morgan fingerprint density at radius 3 is 2.88 bits per heavy atom. The van der Waals surface area contributed by atoms with Crippen molar-refractivity contribution in [1.29, 1.82) is 0 Å². The highest BCUT2D eigenvalue weighted by Crippen LogP contribution is 2.37. The minimum Gasteiger partial charge on any atom is -0.118 e. The molecule has 0 saturated carbocycles. The second-order valence-corrected chi connectivity index (χ2v) is 6.14. The van der Waals surface area contributed by atoms with Gasteiger partial charge in [0.2, 0.25) is 0 Å². The molecule has 0 bridgehead atoms. The summed E-state index contributed by atoms with van der Waals surface area (Å²) in [7, 11) is 0. The Labute approximate surface area is 110 Å². The normalized spacial score (nSPS) is 26.1. The van der Waals surface area contributed by atoms with Gasteiger partial charge < -0.3 is 0 Å². The van der Waals surface area contributed by atoms with Crippen molar-refractivity contribution in [1.82, 2.24) is 0 Å². The molecule has 0 nitrogen and oxygen atoms in total. The molecule has 0 aromatic heterocycles. The molecule has 1 aliphatic carbocycles. The van der Waals surface area contributed by atoms with E-state index in [1.54, 1.807) is 0 Å².